The molecule has 3 rings (SSSR count). The Hall–Kier alpha value is -3.26. The maximum Gasteiger partial charge on any atom is 0.337 e. The van der Waals surface area contributed by atoms with Gasteiger partial charge in [0.15, 0.2) is 4.80 Å². The van der Waals surface area contributed by atoms with Crippen LogP contribution in [0.5, 0.6) is 0 Å². The number of amides is 1. The van der Waals surface area contributed by atoms with Crippen LogP contribution >= 0.6 is 11.3 Å². The number of carbonyl (C=O) groups is 3. The molecule has 0 aliphatic rings. The van der Waals surface area contributed by atoms with Crippen molar-refractivity contribution in [3.05, 3.63) is 63.0 Å². The first kappa shape index (κ1) is 23.4. The summed E-state index contributed by atoms with van der Waals surface area (Å²) in [6, 6.07) is 9.10. The van der Waals surface area contributed by atoms with Crippen LogP contribution in [0, 0.1) is 20.8 Å². The third kappa shape index (κ3) is 5.13. The molecule has 8 heteroatoms. The van der Waals surface area contributed by atoms with Crippen LogP contribution in [0.15, 0.2) is 35.3 Å². The van der Waals surface area contributed by atoms with Crippen LogP contribution in [0.4, 0.5) is 0 Å². The summed E-state index contributed by atoms with van der Waals surface area (Å²) in [6.45, 7) is 7.89. The van der Waals surface area contributed by atoms with Crippen LogP contribution in [0.1, 0.15) is 39.5 Å². The van der Waals surface area contributed by atoms with E-state index in [4.69, 9.17) is 9.47 Å². The van der Waals surface area contributed by atoms with Crippen LogP contribution in [-0.4, -0.2) is 36.1 Å². The van der Waals surface area contributed by atoms with Crippen molar-refractivity contribution in [2.24, 2.45) is 4.99 Å². The fraction of sp³-hybridized carbons (Fsp3) is 0.333. The van der Waals surface area contributed by atoms with Crippen LogP contribution < -0.4 is 4.80 Å². The lowest BCUT2D eigenvalue weighted by Crippen LogP contribution is -2.23. The Bertz CT molecular complexity index is 1250. The molecule has 1 heterocycles. The Labute approximate surface area is 190 Å². The number of esters is 2. The zero-order valence-electron chi connectivity index (χ0n) is 18.9. The monoisotopic (exact) mass is 454 g/mol. The van der Waals surface area contributed by atoms with Gasteiger partial charge in [0.05, 0.1) is 35.9 Å². The summed E-state index contributed by atoms with van der Waals surface area (Å²) in [7, 11) is 1.32. The van der Waals surface area contributed by atoms with E-state index in [-0.39, 0.29) is 25.5 Å². The van der Waals surface area contributed by atoms with E-state index >= 15 is 0 Å². The van der Waals surface area contributed by atoms with Crippen molar-refractivity contribution in [3.63, 3.8) is 0 Å². The van der Waals surface area contributed by atoms with Gasteiger partial charge in [-0.25, -0.2) is 4.79 Å². The zero-order chi connectivity index (χ0) is 23.4. The molecule has 2 aromatic carbocycles. The molecule has 0 aliphatic carbocycles. The maximum atomic E-state index is 12.9. The highest BCUT2D eigenvalue weighted by atomic mass is 32.1. The molecule has 0 radical (unpaired) electrons. The Morgan fingerprint density at radius 3 is 2.38 bits per heavy atom. The van der Waals surface area contributed by atoms with Gasteiger partial charge >= 0.3 is 11.9 Å². The fourth-order valence-corrected chi connectivity index (χ4v) is 4.76. The molecule has 7 nitrogen and oxygen atoms in total. The van der Waals surface area contributed by atoms with Gasteiger partial charge in [-0.2, -0.15) is 4.99 Å². The number of carbonyl (C=O) groups excluding carboxylic acids is 3. The minimum absolute atomic E-state index is 0.0832. The number of aromatic nitrogens is 1. The Morgan fingerprint density at radius 2 is 1.75 bits per heavy atom. The van der Waals surface area contributed by atoms with Crippen LogP contribution in [-0.2, 0) is 32.0 Å². The van der Waals surface area contributed by atoms with Crippen LogP contribution in [0.3, 0.4) is 0 Å². The van der Waals surface area contributed by atoms with E-state index in [1.54, 1.807) is 29.7 Å². The van der Waals surface area contributed by atoms with E-state index in [1.807, 2.05) is 32.9 Å². The Morgan fingerprint density at radius 1 is 1.06 bits per heavy atom. The molecule has 0 atom stereocenters. The average molecular weight is 455 g/mol. The quantitative estimate of drug-likeness (QED) is 0.531. The Kier molecular flexibility index (Phi) is 7.25. The van der Waals surface area contributed by atoms with Gasteiger partial charge in [0, 0.05) is 0 Å². The van der Waals surface area contributed by atoms with Crippen molar-refractivity contribution in [1.29, 1.82) is 0 Å². The highest BCUT2D eigenvalue weighted by Crippen LogP contribution is 2.21. The van der Waals surface area contributed by atoms with Gasteiger partial charge in [0.25, 0.3) is 5.91 Å². The van der Waals surface area contributed by atoms with Gasteiger partial charge in [-0.3, -0.25) is 9.59 Å². The summed E-state index contributed by atoms with van der Waals surface area (Å²) in [6.07, 6.45) is 0.166. The number of ether oxygens (including phenoxy) is 2. The predicted molar refractivity (Wildman–Crippen MR) is 123 cm³/mol. The van der Waals surface area contributed by atoms with Crippen molar-refractivity contribution in [3.8, 4) is 0 Å². The standard InChI is InChI=1S/C24H26N2O5S/c1-6-31-22(28)13-26-19-8-7-17(23(29)30-5)11-20(19)32-24(26)25-21(27)12-18-15(3)9-14(2)10-16(18)4/h7-11H,6,12-13H2,1-5H3. The van der Waals surface area contributed by atoms with Crippen molar-refractivity contribution in [2.45, 2.75) is 40.7 Å². The Balaban J connectivity index is 2.06. The summed E-state index contributed by atoms with van der Waals surface area (Å²) >= 11 is 1.24. The smallest absolute Gasteiger partial charge is 0.337 e. The molecule has 3 aromatic rings. The third-order valence-corrected chi connectivity index (χ3v) is 6.13. The predicted octanol–water partition coefficient (Wildman–Crippen LogP) is 3.65. The minimum atomic E-state index is -0.461. The second-order valence-corrected chi connectivity index (χ2v) is 8.52. The lowest BCUT2D eigenvalue weighted by atomic mass is 9.97. The molecule has 0 bridgehead atoms. The SMILES string of the molecule is CCOC(=O)Cn1c(=NC(=O)Cc2c(C)cc(C)cc2C)sc2cc(C(=O)OC)ccc21. The molecular weight excluding hydrogens is 428 g/mol. The van der Waals surface area contributed by atoms with E-state index in [2.05, 4.69) is 4.99 Å². The fourth-order valence-electron chi connectivity index (χ4n) is 3.68. The molecule has 0 N–H and O–H groups in total. The molecule has 1 aromatic heterocycles. The number of hydrogen-bond donors (Lipinski definition) is 0. The average Bonchev–Trinajstić information content (AvgIpc) is 3.06. The number of rotatable bonds is 6. The molecule has 1 amide bonds. The number of nitrogens with zero attached hydrogens (tertiary/aromatic N) is 2. The lowest BCUT2D eigenvalue weighted by molar-refractivity contribution is -0.143. The van der Waals surface area contributed by atoms with Gasteiger partial charge in [-0.05, 0) is 62.6 Å². The number of fused-ring (bicyclic) bond motifs is 1. The summed E-state index contributed by atoms with van der Waals surface area (Å²) in [5.74, 6) is -1.20. The van der Waals surface area contributed by atoms with E-state index in [0.29, 0.717) is 20.6 Å². The first-order chi connectivity index (χ1) is 15.2. The van der Waals surface area contributed by atoms with Gasteiger partial charge in [0.2, 0.25) is 0 Å². The van der Waals surface area contributed by atoms with Crippen molar-refractivity contribution in [2.75, 3.05) is 13.7 Å². The summed E-state index contributed by atoms with van der Waals surface area (Å²) in [4.78, 5) is 41.7. The van der Waals surface area contributed by atoms with Gasteiger partial charge in [0.1, 0.15) is 6.54 Å². The highest BCUT2D eigenvalue weighted by Gasteiger charge is 2.15. The lowest BCUT2D eigenvalue weighted by Gasteiger charge is -2.09. The molecule has 0 unspecified atom stereocenters. The van der Waals surface area contributed by atoms with Crippen LogP contribution in [0.25, 0.3) is 10.2 Å². The number of benzene rings is 2. The van der Waals surface area contributed by atoms with Gasteiger partial charge < -0.3 is 14.0 Å². The minimum Gasteiger partial charge on any atom is -0.465 e. The second-order valence-electron chi connectivity index (χ2n) is 7.51. The summed E-state index contributed by atoms with van der Waals surface area (Å²) in [5.41, 5.74) is 5.26. The van der Waals surface area contributed by atoms with E-state index in [0.717, 1.165) is 22.3 Å². The molecule has 0 saturated carbocycles. The highest BCUT2D eigenvalue weighted by molar-refractivity contribution is 7.16. The molecule has 0 spiro atoms. The molecule has 0 aliphatic heterocycles. The first-order valence-corrected chi connectivity index (χ1v) is 11.1. The van der Waals surface area contributed by atoms with E-state index in [1.165, 1.54) is 18.4 Å². The topological polar surface area (TPSA) is 87.0 Å². The van der Waals surface area contributed by atoms with Gasteiger partial charge in [-0.15, -0.1) is 0 Å². The molecule has 0 saturated heterocycles. The molecular formula is C24H26N2O5S. The molecule has 168 valence electrons. The zero-order valence-corrected chi connectivity index (χ0v) is 19.7. The van der Waals surface area contributed by atoms with E-state index in [9.17, 15) is 14.4 Å². The largest absolute Gasteiger partial charge is 0.465 e. The van der Waals surface area contributed by atoms with Gasteiger partial charge in [-0.1, -0.05) is 29.0 Å². The number of aryl methyl sites for hydroxylation is 3. The van der Waals surface area contributed by atoms with E-state index < -0.39 is 11.9 Å². The van der Waals surface area contributed by atoms with Crippen LogP contribution in [0.2, 0.25) is 0 Å². The maximum absolute atomic E-state index is 12.9. The van der Waals surface area contributed by atoms with Crippen molar-refractivity contribution < 1.29 is 23.9 Å². The third-order valence-electron chi connectivity index (χ3n) is 5.09. The molecule has 0 fully saturated rings. The molecule has 32 heavy (non-hydrogen) atoms. The van der Waals surface area contributed by atoms with Crippen molar-refractivity contribution in [1.82, 2.24) is 4.57 Å². The normalized spacial score (nSPS) is 11.6. The second kappa shape index (κ2) is 9.91. The van der Waals surface area contributed by atoms with Crippen molar-refractivity contribution >= 4 is 39.4 Å². The number of thiazole rings is 1. The summed E-state index contributed by atoms with van der Waals surface area (Å²) < 4.78 is 12.2. The first-order valence-electron chi connectivity index (χ1n) is 10.2. The number of hydrogen-bond acceptors (Lipinski definition) is 6. The summed E-state index contributed by atoms with van der Waals surface area (Å²) in [5, 5.41) is 0. The number of methoxy groups -OCH3 is 1.